The van der Waals surface area contributed by atoms with E-state index in [2.05, 4.69) is 10.2 Å². The number of aliphatic hydroxyl groups excluding tert-OH is 1. The van der Waals surface area contributed by atoms with Crippen LogP contribution < -0.4 is 14.8 Å². The third-order valence-corrected chi connectivity index (χ3v) is 7.02. The molecule has 0 spiro atoms. The summed E-state index contributed by atoms with van der Waals surface area (Å²) in [5, 5.41) is 16.1. The zero-order valence-corrected chi connectivity index (χ0v) is 20.6. The number of hydrogen-bond acceptors (Lipinski definition) is 6. The van der Waals surface area contributed by atoms with E-state index in [4.69, 9.17) is 9.47 Å². The molecule has 7 nitrogen and oxygen atoms in total. The minimum Gasteiger partial charge on any atom is -0.486 e. The van der Waals surface area contributed by atoms with Crippen molar-refractivity contribution in [3.05, 3.63) is 71.5 Å². The monoisotopic (exact) mass is 506 g/mol. The first kappa shape index (κ1) is 25.2. The summed E-state index contributed by atoms with van der Waals surface area (Å²) >= 11 is 0. The van der Waals surface area contributed by atoms with Crippen molar-refractivity contribution < 1.29 is 28.6 Å². The van der Waals surface area contributed by atoms with Crippen molar-refractivity contribution in [2.75, 3.05) is 32.8 Å². The topological polar surface area (TPSA) is 88.1 Å². The van der Waals surface area contributed by atoms with Crippen LogP contribution in [0.15, 0.2) is 54.6 Å². The van der Waals surface area contributed by atoms with Gasteiger partial charge in [0.05, 0.1) is 6.04 Å². The lowest BCUT2D eigenvalue weighted by molar-refractivity contribution is -0.139. The summed E-state index contributed by atoms with van der Waals surface area (Å²) in [6.45, 7) is 2.56. The SMILES string of the molecule is O=C(CCc1ccc2ccccc2c1)C(=O)NC(CN1CCCC1)C(O)c1cc(F)c2c(c1)OCCO2. The lowest BCUT2D eigenvalue weighted by Gasteiger charge is -2.29. The number of halogens is 1. The molecule has 8 heteroatoms. The van der Waals surface area contributed by atoms with Gasteiger partial charge in [0, 0.05) is 13.0 Å². The van der Waals surface area contributed by atoms with Gasteiger partial charge in [0.2, 0.25) is 5.78 Å². The van der Waals surface area contributed by atoms with Crippen LogP contribution in [-0.2, 0) is 16.0 Å². The molecule has 2 unspecified atom stereocenters. The number of ether oxygens (including phenoxy) is 2. The average molecular weight is 507 g/mol. The van der Waals surface area contributed by atoms with Crippen LogP contribution in [0.3, 0.4) is 0 Å². The van der Waals surface area contributed by atoms with Gasteiger partial charge in [-0.3, -0.25) is 9.59 Å². The summed E-state index contributed by atoms with van der Waals surface area (Å²) in [6, 6.07) is 15.9. The predicted molar refractivity (Wildman–Crippen MR) is 137 cm³/mol. The Morgan fingerprint density at radius 3 is 2.57 bits per heavy atom. The van der Waals surface area contributed by atoms with Crippen LogP contribution in [0.2, 0.25) is 0 Å². The number of likely N-dealkylation sites (tertiary alicyclic amines) is 1. The van der Waals surface area contributed by atoms with E-state index in [1.54, 1.807) is 0 Å². The van der Waals surface area contributed by atoms with E-state index in [1.807, 2.05) is 42.5 Å². The van der Waals surface area contributed by atoms with Gasteiger partial charge in [-0.1, -0.05) is 42.5 Å². The number of carbonyl (C=O) groups excluding carboxylic acids is 2. The second-order valence-electron chi connectivity index (χ2n) is 9.66. The largest absolute Gasteiger partial charge is 0.486 e. The first-order valence-corrected chi connectivity index (χ1v) is 12.8. The van der Waals surface area contributed by atoms with Crippen molar-refractivity contribution >= 4 is 22.5 Å². The van der Waals surface area contributed by atoms with Gasteiger partial charge in [-0.2, -0.15) is 0 Å². The van der Waals surface area contributed by atoms with Gasteiger partial charge in [0.15, 0.2) is 17.3 Å². The number of benzene rings is 3. The minimum absolute atomic E-state index is 0.0196. The number of nitrogens with one attached hydrogen (secondary N) is 1. The third-order valence-electron chi connectivity index (χ3n) is 7.02. The number of amides is 1. The van der Waals surface area contributed by atoms with Crippen molar-refractivity contribution in [3.8, 4) is 11.5 Å². The molecule has 2 N–H and O–H groups in total. The van der Waals surface area contributed by atoms with Gasteiger partial charge in [0.25, 0.3) is 5.91 Å². The van der Waals surface area contributed by atoms with E-state index in [0.29, 0.717) is 13.0 Å². The number of ketones is 1. The normalized spacial score (nSPS) is 16.9. The zero-order chi connectivity index (χ0) is 25.8. The van der Waals surface area contributed by atoms with Crippen molar-refractivity contribution in [2.24, 2.45) is 0 Å². The molecular weight excluding hydrogens is 475 g/mol. The Balaban J connectivity index is 1.27. The van der Waals surface area contributed by atoms with Crippen LogP contribution in [0.4, 0.5) is 4.39 Å². The number of rotatable bonds is 9. The van der Waals surface area contributed by atoms with Gasteiger partial charge in [0.1, 0.15) is 19.3 Å². The first-order chi connectivity index (χ1) is 18.0. The molecule has 3 aromatic carbocycles. The Labute approximate surface area is 215 Å². The molecular formula is C29H31FN2O5. The number of aryl methyl sites for hydroxylation is 1. The molecule has 1 amide bonds. The summed E-state index contributed by atoms with van der Waals surface area (Å²) in [7, 11) is 0. The number of fused-ring (bicyclic) bond motifs is 2. The van der Waals surface area contributed by atoms with Crippen LogP contribution in [0.5, 0.6) is 11.5 Å². The average Bonchev–Trinajstić information content (AvgIpc) is 3.44. The second-order valence-corrected chi connectivity index (χ2v) is 9.66. The van der Waals surface area contributed by atoms with Crippen molar-refractivity contribution in [1.29, 1.82) is 0 Å². The summed E-state index contributed by atoms with van der Waals surface area (Å²) in [6.07, 6.45) is 1.31. The van der Waals surface area contributed by atoms with Gasteiger partial charge >= 0.3 is 0 Å². The van der Waals surface area contributed by atoms with Crippen LogP contribution in [0.1, 0.15) is 36.5 Å². The highest BCUT2D eigenvalue weighted by Gasteiger charge is 2.30. The molecule has 0 radical (unpaired) electrons. The summed E-state index contributed by atoms with van der Waals surface area (Å²) < 4.78 is 25.5. The minimum atomic E-state index is -1.23. The van der Waals surface area contributed by atoms with Gasteiger partial charge in [-0.25, -0.2) is 4.39 Å². The van der Waals surface area contributed by atoms with E-state index in [0.717, 1.165) is 42.3 Å². The molecule has 2 aliphatic heterocycles. The summed E-state index contributed by atoms with van der Waals surface area (Å²) in [4.78, 5) is 27.8. The molecule has 5 rings (SSSR count). The van der Waals surface area contributed by atoms with Crippen LogP contribution in [-0.4, -0.2) is 60.6 Å². The third kappa shape index (κ3) is 5.92. The number of aliphatic hydroxyl groups is 1. The molecule has 2 atom stereocenters. The number of carbonyl (C=O) groups is 2. The molecule has 0 aliphatic carbocycles. The van der Waals surface area contributed by atoms with E-state index < -0.39 is 29.7 Å². The molecule has 0 aromatic heterocycles. The van der Waals surface area contributed by atoms with Crippen molar-refractivity contribution in [2.45, 2.75) is 37.8 Å². The molecule has 37 heavy (non-hydrogen) atoms. The van der Waals surface area contributed by atoms with E-state index in [9.17, 15) is 19.1 Å². The Bertz CT molecular complexity index is 1290. The quantitative estimate of drug-likeness (QED) is 0.432. The van der Waals surface area contributed by atoms with Crippen molar-refractivity contribution in [1.82, 2.24) is 10.2 Å². The second kappa shape index (κ2) is 11.3. The number of Topliss-reactive ketones (excluding diaryl/α,β-unsaturated/α-hetero) is 1. The molecule has 2 heterocycles. The van der Waals surface area contributed by atoms with Gasteiger partial charge in [-0.15, -0.1) is 0 Å². The molecule has 0 bridgehead atoms. The number of hydrogen-bond donors (Lipinski definition) is 2. The van der Waals surface area contributed by atoms with Crippen LogP contribution >= 0.6 is 0 Å². The fourth-order valence-electron chi connectivity index (χ4n) is 5.02. The van der Waals surface area contributed by atoms with Gasteiger partial charge in [-0.05, 0) is 66.4 Å². The van der Waals surface area contributed by atoms with Crippen LogP contribution in [0, 0.1) is 5.82 Å². The fraction of sp³-hybridized carbons (Fsp3) is 0.379. The molecule has 194 valence electrons. The highest BCUT2D eigenvalue weighted by molar-refractivity contribution is 6.36. The molecule has 1 saturated heterocycles. The van der Waals surface area contributed by atoms with E-state index in [-0.39, 0.29) is 36.7 Å². The van der Waals surface area contributed by atoms with E-state index >= 15 is 0 Å². The Hall–Kier alpha value is -3.49. The lowest BCUT2D eigenvalue weighted by atomic mass is 9.99. The Kier molecular flexibility index (Phi) is 7.67. The summed E-state index contributed by atoms with van der Waals surface area (Å²) in [5.74, 6) is -1.70. The molecule has 1 fully saturated rings. The van der Waals surface area contributed by atoms with Crippen LogP contribution in [0.25, 0.3) is 10.8 Å². The lowest BCUT2D eigenvalue weighted by Crippen LogP contribution is -2.48. The molecule has 3 aromatic rings. The molecule has 0 saturated carbocycles. The predicted octanol–water partition coefficient (Wildman–Crippen LogP) is 3.57. The Morgan fingerprint density at radius 2 is 1.76 bits per heavy atom. The fourth-order valence-corrected chi connectivity index (χ4v) is 5.02. The Morgan fingerprint density at radius 1 is 1.00 bits per heavy atom. The molecule has 2 aliphatic rings. The highest BCUT2D eigenvalue weighted by atomic mass is 19.1. The summed E-state index contributed by atoms with van der Waals surface area (Å²) in [5.41, 5.74) is 1.23. The zero-order valence-electron chi connectivity index (χ0n) is 20.6. The van der Waals surface area contributed by atoms with E-state index in [1.165, 1.54) is 12.1 Å². The standard InChI is InChI=1S/C29H31FN2O5/c30-23-16-22(17-26-28(23)37-14-13-36-26)27(34)24(18-32-11-3-4-12-32)31-29(35)25(33)10-8-19-7-9-20-5-1-2-6-21(20)15-19/h1-2,5-7,9,15-17,24,27,34H,3-4,8,10-14,18H2,(H,31,35). The smallest absolute Gasteiger partial charge is 0.287 e. The maximum absolute atomic E-state index is 14.6. The maximum atomic E-state index is 14.6. The first-order valence-electron chi connectivity index (χ1n) is 12.8. The highest BCUT2D eigenvalue weighted by Crippen LogP contribution is 2.36. The van der Waals surface area contributed by atoms with Gasteiger partial charge < -0.3 is 24.8 Å². The van der Waals surface area contributed by atoms with Crippen molar-refractivity contribution in [3.63, 3.8) is 0 Å². The maximum Gasteiger partial charge on any atom is 0.287 e. The number of nitrogens with zero attached hydrogens (tertiary/aromatic N) is 1.